The summed E-state index contributed by atoms with van der Waals surface area (Å²) in [6.07, 6.45) is -0.273. The minimum atomic E-state index is -2.38. The molecule has 0 spiro atoms. The van der Waals surface area contributed by atoms with Gasteiger partial charge in [0.05, 0.1) is 6.54 Å². The number of carbonyl (C=O) groups is 2. The molecule has 2 N–H and O–H groups in total. The zero-order valence-corrected chi connectivity index (χ0v) is 10.7. The number of nitrogens with two attached hydrogens (primary N) is 1. The Labute approximate surface area is 110 Å². The molecule has 2 heterocycles. The van der Waals surface area contributed by atoms with Gasteiger partial charge >= 0.3 is 0 Å². The topological polar surface area (TPSA) is 66.6 Å². The van der Waals surface area contributed by atoms with Crippen molar-refractivity contribution in [2.24, 2.45) is 5.73 Å². The molecule has 108 valence electrons. The van der Waals surface area contributed by atoms with E-state index in [9.17, 15) is 18.4 Å². The Hall–Kier alpha value is -1.24. The number of carbonyl (C=O) groups excluding carboxylic acids is 2. The van der Waals surface area contributed by atoms with Gasteiger partial charge in [-0.05, 0) is 19.3 Å². The lowest BCUT2D eigenvalue weighted by Gasteiger charge is -2.34. The van der Waals surface area contributed by atoms with Crippen molar-refractivity contribution in [1.29, 1.82) is 0 Å². The predicted molar refractivity (Wildman–Crippen MR) is 64.5 cm³/mol. The van der Waals surface area contributed by atoms with Gasteiger partial charge in [0.25, 0.3) is 6.43 Å². The van der Waals surface area contributed by atoms with E-state index in [1.54, 1.807) is 9.80 Å². The summed E-state index contributed by atoms with van der Waals surface area (Å²) in [5, 5.41) is 0. The van der Waals surface area contributed by atoms with Crippen LogP contribution >= 0.6 is 0 Å². The molecule has 19 heavy (non-hydrogen) atoms. The number of halogens is 2. The van der Waals surface area contributed by atoms with Crippen molar-refractivity contribution in [2.75, 3.05) is 19.6 Å². The van der Waals surface area contributed by atoms with Gasteiger partial charge in [-0.2, -0.15) is 0 Å². The van der Waals surface area contributed by atoms with Gasteiger partial charge in [-0.15, -0.1) is 0 Å². The van der Waals surface area contributed by atoms with E-state index in [-0.39, 0.29) is 24.9 Å². The highest BCUT2D eigenvalue weighted by Crippen LogP contribution is 2.28. The fourth-order valence-electron chi connectivity index (χ4n) is 3.03. The fourth-order valence-corrected chi connectivity index (χ4v) is 3.03. The van der Waals surface area contributed by atoms with Gasteiger partial charge in [0.1, 0.15) is 6.04 Å². The number of alkyl halides is 2. The highest BCUT2D eigenvalue weighted by Gasteiger charge is 2.40. The average Bonchev–Trinajstić information content (AvgIpc) is 2.73. The molecule has 7 heteroatoms. The summed E-state index contributed by atoms with van der Waals surface area (Å²) in [5.41, 5.74) is 5.31. The quantitative estimate of drug-likeness (QED) is 0.799. The molecule has 0 bridgehead atoms. The molecule has 2 atom stereocenters. The van der Waals surface area contributed by atoms with Crippen LogP contribution < -0.4 is 5.73 Å². The Kier molecular flexibility index (Phi) is 4.34. The van der Waals surface area contributed by atoms with Crippen molar-refractivity contribution in [3.05, 3.63) is 0 Å². The third kappa shape index (κ3) is 3.20. The Balaban J connectivity index is 2.03. The molecule has 2 fully saturated rings. The van der Waals surface area contributed by atoms with Crippen LogP contribution in [0.4, 0.5) is 8.78 Å². The molecular formula is C12H19F2N3O2. The van der Waals surface area contributed by atoms with Crippen molar-refractivity contribution in [3.63, 3.8) is 0 Å². The van der Waals surface area contributed by atoms with Crippen LogP contribution in [0.5, 0.6) is 0 Å². The smallest absolute Gasteiger partial charge is 0.251 e. The molecule has 0 radical (unpaired) electrons. The van der Waals surface area contributed by atoms with Gasteiger partial charge in [0, 0.05) is 25.6 Å². The van der Waals surface area contributed by atoms with Gasteiger partial charge in [-0.3, -0.25) is 14.5 Å². The number of primary amides is 1. The van der Waals surface area contributed by atoms with E-state index in [0.29, 0.717) is 25.9 Å². The maximum absolute atomic E-state index is 12.4. The Morgan fingerprint density at radius 1 is 1.32 bits per heavy atom. The van der Waals surface area contributed by atoms with Gasteiger partial charge in [0.2, 0.25) is 11.8 Å². The molecule has 2 unspecified atom stereocenters. The molecule has 2 amide bonds. The number of rotatable bonds is 3. The first-order valence-corrected chi connectivity index (χ1v) is 6.60. The third-order valence-electron chi connectivity index (χ3n) is 3.94. The number of fused-ring (bicyclic) bond motifs is 1. The molecule has 5 nitrogen and oxygen atoms in total. The van der Waals surface area contributed by atoms with Crippen LogP contribution in [0, 0.1) is 0 Å². The zero-order chi connectivity index (χ0) is 14.0. The lowest BCUT2D eigenvalue weighted by atomic mass is 10.1. The molecule has 0 saturated carbocycles. The van der Waals surface area contributed by atoms with Crippen LogP contribution in [0.2, 0.25) is 0 Å². The molecule has 0 aromatic rings. The Bertz CT molecular complexity index is 365. The van der Waals surface area contributed by atoms with Crippen LogP contribution in [0.1, 0.15) is 25.7 Å². The van der Waals surface area contributed by atoms with Crippen LogP contribution in [-0.4, -0.2) is 59.8 Å². The maximum Gasteiger partial charge on any atom is 0.251 e. The van der Waals surface area contributed by atoms with E-state index in [0.717, 1.165) is 6.42 Å². The Morgan fingerprint density at radius 2 is 2.05 bits per heavy atom. The summed E-state index contributed by atoms with van der Waals surface area (Å²) in [7, 11) is 0. The second kappa shape index (κ2) is 5.81. The second-order valence-electron chi connectivity index (χ2n) is 5.18. The van der Waals surface area contributed by atoms with Crippen molar-refractivity contribution in [2.45, 2.75) is 44.2 Å². The molecule has 2 saturated heterocycles. The molecule has 2 rings (SSSR count). The minimum absolute atomic E-state index is 0.0366. The first kappa shape index (κ1) is 14.2. The molecule has 0 aromatic carbocycles. The predicted octanol–water partition coefficient (Wildman–Crippen LogP) is 0.192. The first-order chi connectivity index (χ1) is 8.99. The Morgan fingerprint density at radius 3 is 2.68 bits per heavy atom. The number of nitrogens with zero attached hydrogens (tertiary/aromatic N) is 2. The van der Waals surface area contributed by atoms with Gasteiger partial charge in [-0.1, -0.05) is 0 Å². The van der Waals surface area contributed by atoms with E-state index in [4.69, 9.17) is 5.73 Å². The second-order valence-corrected chi connectivity index (χ2v) is 5.18. The molecule has 0 aromatic heterocycles. The highest BCUT2D eigenvalue weighted by molar-refractivity contribution is 5.87. The summed E-state index contributed by atoms with van der Waals surface area (Å²) in [4.78, 5) is 26.6. The largest absolute Gasteiger partial charge is 0.368 e. The number of amides is 2. The summed E-state index contributed by atoms with van der Waals surface area (Å²) in [6.45, 7) is 0.557. The normalized spacial score (nSPS) is 29.2. The fraction of sp³-hybridized carbons (Fsp3) is 0.833. The molecule has 2 aliphatic rings. The van der Waals surface area contributed by atoms with E-state index >= 15 is 0 Å². The maximum atomic E-state index is 12.4. The number of hydrogen-bond acceptors (Lipinski definition) is 3. The molecule has 0 aliphatic carbocycles. The standard InChI is InChI=1S/C12H19F2N3O2/c13-10(14)7-16-5-3-8-1-2-9(12(15)19)17(8)11(18)4-6-16/h8-10H,1-7H2,(H2,15,19). The summed E-state index contributed by atoms with van der Waals surface area (Å²) in [5.74, 6) is -0.619. The average molecular weight is 275 g/mol. The lowest BCUT2D eigenvalue weighted by Crippen LogP contribution is -2.50. The van der Waals surface area contributed by atoms with E-state index < -0.39 is 18.4 Å². The van der Waals surface area contributed by atoms with Crippen molar-refractivity contribution < 1.29 is 18.4 Å². The van der Waals surface area contributed by atoms with E-state index in [2.05, 4.69) is 0 Å². The summed E-state index contributed by atoms with van der Waals surface area (Å²) >= 11 is 0. The lowest BCUT2D eigenvalue weighted by molar-refractivity contribution is -0.140. The van der Waals surface area contributed by atoms with Crippen LogP contribution in [0.25, 0.3) is 0 Å². The van der Waals surface area contributed by atoms with E-state index in [1.165, 1.54) is 0 Å². The van der Waals surface area contributed by atoms with Gasteiger partial charge in [-0.25, -0.2) is 8.78 Å². The minimum Gasteiger partial charge on any atom is -0.368 e. The van der Waals surface area contributed by atoms with Crippen molar-refractivity contribution >= 4 is 11.8 Å². The monoisotopic (exact) mass is 275 g/mol. The third-order valence-corrected chi connectivity index (χ3v) is 3.94. The van der Waals surface area contributed by atoms with Crippen LogP contribution in [0.15, 0.2) is 0 Å². The summed E-state index contributed by atoms with van der Waals surface area (Å²) in [6, 6.07) is -0.551. The van der Waals surface area contributed by atoms with Gasteiger partial charge < -0.3 is 10.6 Å². The highest BCUT2D eigenvalue weighted by atomic mass is 19.3. The van der Waals surface area contributed by atoms with Crippen molar-refractivity contribution in [3.8, 4) is 0 Å². The number of hydrogen-bond donors (Lipinski definition) is 1. The van der Waals surface area contributed by atoms with Crippen molar-refractivity contribution in [1.82, 2.24) is 9.80 Å². The van der Waals surface area contributed by atoms with Gasteiger partial charge in [0.15, 0.2) is 0 Å². The van der Waals surface area contributed by atoms with Crippen LogP contribution in [-0.2, 0) is 9.59 Å². The zero-order valence-electron chi connectivity index (χ0n) is 10.7. The molecular weight excluding hydrogens is 256 g/mol. The molecule has 2 aliphatic heterocycles. The first-order valence-electron chi connectivity index (χ1n) is 6.60. The van der Waals surface area contributed by atoms with Crippen LogP contribution in [0.3, 0.4) is 0 Å². The SMILES string of the molecule is NC(=O)C1CCC2CCN(CC(F)F)CCC(=O)N21. The summed E-state index contributed by atoms with van der Waals surface area (Å²) < 4.78 is 24.8. The van der Waals surface area contributed by atoms with E-state index in [1.807, 2.05) is 0 Å².